The summed E-state index contributed by atoms with van der Waals surface area (Å²) in [6.45, 7) is 2.23. The van der Waals surface area contributed by atoms with Gasteiger partial charge in [-0.15, -0.1) is 0 Å². The van der Waals surface area contributed by atoms with Crippen molar-refractivity contribution in [2.24, 2.45) is 0 Å². The Kier molecular flexibility index (Phi) is 6.73. The zero-order chi connectivity index (χ0) is 16.8. The van der Waals surface area contributed by atoms with Crippen molar-refractivity contribution in [3.8, 4) is 0 Å². The lowest BCUT2D eigenvalue weighted by atomic mass is 9.89. The Labute approximate surface area is 146 Å². The summed E-state index contributed by atoms with van der Waals surface area (Å²) in [5.41, 5.74) is 0. The van der Waals surface area contributed by atoms with Gasteiger partial charge in [0.2, 0.25) is 0 Å². The first-order valence-corrected chi connectivity index (χ1v) is 10.1. The molecule has 3 aliphatic heterocycles. The van der Waals surface area contributed by atoms with Crippen molar-refractivity contribution in [1.82, 2.24) is 0 Å². The maximum absolute atomic E-state index is 10.0. The van der Waals surface area contributed by atoms with E-state index in [9.17, 15) is 5.11 Å². The fraction of sp³-hybridized carbons (Fsp3) is 0.900. The highest BCUT2D eigenvalue weighted by Gasteiger charge is 2.54. The largest absolute Gasteiger partial charge is 0.393 e. The lowest BCUT2D eigenvalue weighted by Crippen LogP contribution is -2.62. The summed E-state index contributed by atoms with van der Waals surface area (Å²) in [6.07, 6.45) is 17.6. The molecule has 0 aromatic rings. The third-order valence-corrected chi connectivity index (χ3v) is 5.45. The van der Waals surface area contributed by atoms with Gasteiger partial charge in [-0.1, -0.05) is 51.2 Å². The second-order valence-electron chi connectivity index (χ2n) is 7.71. The number of ether oxygens (including phenoxy) is 3. The Balaban J connectivity index is 1.28. The van der Waals surface area contributed by atoms with Gasteiger partial charge in [0.1, 0.15) is 0 Å². The van der Waals surface area contributed by atoms with Gasteiger partial charge in [-0.25, -0.2) is 0 Å². The molecule has 1 aliphatic carbocycles. The smallest absolute Gasteiger partial charge is 0.283 e. The predicted molar refractivity (Wildman–Crippen MR) is 93.6 cm³/mol. The molecule has 138 valence electrons. The summed E-state index contributed by atoms with van der Waals surface area (Å²) in [5, 5.41) is 10.0. The Morgan fingerprint density at radius 3 is 2.21 bits per heavy atom. The minimum absolute atomic E-state index is 0.203. The molecule has 1 N–H and O–H groups in total. The molecule has 4 heteroatoms. The molecule has 0 aromatic heterocycles. The number of aliphatic hydroxyl groups excluding tert-OH is 1. The minimum Gasteiger partial charge on any atom is -0.393 e. The van der Waals surface area contributed by atoms with E-state index >= 15 is 0 Å². The monoisotopic (exact) mass is 338 g/mol. The van der Waals surface area contributed by atoms with Crippen molar-refractivity contribution in [2.45, 2.75) is 114 Å². The van der Waals surface area contributed by atoms with E-state index in [0.717, 1.165) is 51.4 Å². The van der Waals surface area contributed by atoms with Crippen LogP contribution in [0.2, 0.25) is 0 Å². The highest BCUT2D eigenvalue weighted by molar-refractivity contribution is 4.93. The summed E-state index contributed by atoms with van der Waals surface area (Å²) in [7, 11) is 0. The molecule has 4 fully saturated rings. The molecule has 0 radical (unpaired) electrons. The van der Waals surface area contributed by atoms with Crippen molar-refractivity contribution in [2.75, 3.05) is 0 Å². The molecular weight excluding hydrogens is 304 g/mol. The van der Waals surface area contributed by atoms with Crippen LogP contribution in [-0.2, 0) is 14.2 Å². The SMILES string of the molecule is CCCCCCC[C@H](O)C/C=C\CCC12OC3CC(CC(C3)O1)O2. The van der Waals surface area contributed by atoms with E-state index in [1.54, 1.807) is 0 Å². The predicted octanol–water partition coefficient (Wildman–Crippen LogP) is 4.45. The maximum Gasteiger partial charge on any atom is 0.283 e. The van der Waals surface area contributed by atoms with Crippen LogP contribution in [0.25, 0.3) is 0 Å². The van der Waals surface area contributed by atoms with Crippen molar-refractivity contribution in [3.63, 3.8) is 0 Å². The normalized spacial score (nSPS) is 35.8. The third-order valence-electron chi connectivity index (χ3n) is 5.45. The lowest BCUT2D eigenvalue weighted by Gasteiger charge is -2.55. The highest BCUT2D eigenvalue weighted by atomic mass is 16.9. The van der Waals surface area contributed by atoms with E-state index in [1.165, 1.54) is 25.7 Å². The molecule has 4 bridgehead atoms. The standard InChI is InChI=1S/C20H34O4/c1-2-3-4-5-7-10-16(21)11-8-6-9-12-20-22-17-13-18(23-20)15-19(14-17)24-20/h6,8,16-19,21H,2-5,7,9-15H2,1H3/b8-6-/t16-,17?,18?,19?,20?/m0/s1. The molecule has 3 heterocycles. The van der Waals surface area contributed by atoms with Crippen molar-refractivity contribution in [1.29, 1.82) is 0 Å². The van der Waals surface area contributed by atoms with Crippen LogP contribution in [-0.4, -0.2) is 35.5 Å². The molecule has 4 rings (SSSR count). The number of allylic oxidation sites excluding steroid dienone is 1. The van der Waals surface area contributed by atoms with Crippen LogP contribution in [0.4, 0.5) is 0 Å². The molecule has 1 atom stereocenters. The van der Waals surface area contributed by atoms with Gasteiger partial charge in [0.15, 0.2) is 0 Å². The Morgan fingerprint density at radius 2 is 1.58 bits per heavy atom. The first-order valence-electron chi connectivity index (χ1n) is 10.1. The van der Waals surface area contributed by atoms with Gasteiger partial charge in [-0.3, -0.25) is 0 Å². The van der Waals surface area contributed by atoms with Gasteiger partial charge in [0.05, 0.1) is 24.4 Å². The lowest BCUT2D eigenvalue weighted by molar-refractivity contribution is -0.495. The van der Waals surface area contributed by atoms with E-state index in [4.69, 9.17) is 14.2 Å². The van der Waals surface area contributed by atoms with Crippen molar-refractivity contribution >= 4 is 0 Å². The molecule has 0 amide bonds. The molecule has 24 heavy (non-hydrogen) atoms. The third kappa shape index (κ3) is 5.04. The summed E-state index contributed by atoms with van der Waals surface area (Å²) in [5.74, 6) is -0.781. The zero-order valence-corrected chi connectivity index (χ0v) is 15.1. The molecule has 0 spiro atoms. The van der Waals surface area contributed by atoms with Crippen molar-refractivity contribution < 1.29 is 19.3 Å². The quantitative estimate of drug-likeness (QED) is 0.446. The van der Waals surface area contributed by atoms with Gasteiger partial charge in [-0.2, -0.15) is 0 Å². The molecular formula is C20H34O4. The average Bonchev–Trinajstić information content (AvgIpc) is 2.53. The fourth-order valence-electron chi connectivity index (χ4n) is 4.21. The molecule has 3 saturated heterocycles. The number of hydrogen-bond acceptors (Lipinski definition) is 4. The first kappa shape index (κ1) is 18.4. The van der Waals surface area contributed by atoms with E-state index < -0.39 is 5.97 Å². The van der Waals surface area contributed by atoms with Gasteiger partial charge in [-0.05, 0) is 19.3 Å². The van der Waals surface area contributed by atoms with Crippen LogP contribution in [0.5, 0.6) is 0 Å². The van der Waals surface area contributed by atoms with Crippen LogP contribution < -0.4 is 0 Å². The van der Waals surface area contributed by atoms with Crippen molar-refractivity contribution in [3.05, 3.63) is 12.2 Å². The minimum atomic E-state index is -0.781. The number of aliphatic hydroxyl groups is 1. The topological polar surface area (TPSA) is 47.9 Å². The van der Waals surface area contributed by atoms with Crippen LogP contribution in [0.15, 0.2) is 12.2 Å². The highest BCUT2D eigenvalue weighted by Crippen LogP contribution is 2.46. The van der Waals surface area contributed by atoms with Crippen LogP contribution in [0, 0.1) is 0 Å². The second-order valence-corrected chi connectivity index (χ2v) is 7.71. The molecule has 4 nitrogen and oxygen atoms in total. The van der Waals surface area contributed by atoms with Crippen LogP contribution in [0.1, 0.15) is 84.0 Å². The Morgan fingerprint density at radius 1 is 0.958 bits per heavy atom. The van der Waals surface area contributed by atoms with Gasteiger partial charge in [0, 0.05) is 25.7 Å². The van der Waals surface area contributed by atoms with Gasteiger partial charge in [0.25, 0.3) is 5.97 Å². The average molecular weight is 338 g/mol. The Hall–Kier alpha value is -0.420. The van der Waals surface area contributed by atoms with E-state index in [2.05, 4.69) is 19.1 Å². The molecule has 0 unspecified atom stereocenters. The number of hydrogen-bond donors (Lipinski definition) is 1. The van der Waals surface area contributed by atoms with Crippen LogP contribution >= 0.6 is 0 Å². The molecule has 4 aliphatic rings. The van der Waals surface area contributed by atoms with E-state index in [-0.39, 0.29) is 6.10 Å². The first-order chi connectivity index (χ1) is 11.7. The van der Waals surface area contributed by atoms with E-state index in [1.807, 2.05) is 0 Å². The second kappa shape index (κ2) is 8.79. The van der Waals surface area contributed by atoms with Gasteiger partial charge < -0.3 is 19.3 Å². The summed E-state index contributed by atoms with van der Waals surface area (Å²) >= 11 is 0. The fourth-order valence-corrected chi connectivity index (χ4v) is 4.21. The van der Waals surface area contributed by atoms with Gasteiger partial charge >= 0.3 is 0 Å². The number of rotatable bonds is 11. The maximum atomic E-state index is 10.0. The Bertz CT molecular complexity index is 371. The molecule has 0 aromatic carbocycles. The summed E-state index contributed by atoms with van der Waals surface area (Å²) < 4.78 is 18.0. The summed E-state index contributed by atoms with van der Waals surface area (Å²) in [6, 6.07) is 0. The zero-order valence-electron chi connectivity index (χ0n) is 15.1. The van der Waals surface area contributed by atoms with E-state index in [0.29, 0.717) is 18.3 Å². The number of unbranched alkanes of at least 4 members (excludes halogenated alkanes) is 4. The van der Waals surface area contributed by atoms with Crippen LogP contribution in [0.3, 0.4) is 0 Å². The summed E-state index contributed by atoms with van der Waals surface area (Å²) in [4.78, 5) is 0. The molecule has 1 saturated carbocycles.